The zero-order chi connectivity index (χ0) is 22.7. The Balaban J connectivity index is 1.38. The highest BCUT2D eigenvalue weighted by Crippen LogP contribution is 2.30. The van der Waals surface area contributed by atoms with Crippen LogP contribution in [0, 0.1) is 0 Å². The van der Waals surface area contributed by atoms with Gasteiger partial charge in [0.05, 0.1) is 18.5 Å². The lowest BCUT2D eigenvalue weighted by Gasteiger charge is -2.27. The van der Waals surface area contributed by atoms with E-state index >= 15 is 0 Å². The Morgan fingerprint density at radius 1 is 1.28 bits per heavy atom. The highest BCUT2D eigenvalue weighted by atomic mass is 16.5. The molecule has 1 N–H and O–H groups in total. The Bertz CT molecular complexity index is 948. The normalized spacial score (nSPS) is 18.4. The van der Waals surface area contributed by atoms with Crippen LogP contribution < -0.4 is 15.0 Å². The number of para-hydroxylation sites is 2. The first-order chi connectivity index (χ1) is 15.5. The number of nitrogens with zero attached hydrogens (tertiary/aromatic N) is 5. The van der Waals surface area contributed by atoms with Gasteiger partial charge in [-0.15, -0.1) is 0 Å². The van der Waals surface area contributed by atoms with Crippen LogP contribution in [0.15, 0.2) is 24.3 Å². The van der Waals surface area contributed by atoms with E-state index in [1.54, 1.807) is 7.11 Å². The fraction of sp³-hybridized carbons (Fsp3) is 0.542. The van der Waals surface area contributed by atoms with E-state index in [1.165, 1.54) is 5.56 Å². The molecule has 0 spiro atoms. The first kappa shape index (κ1) is 22.3. The number of methoxy groups -OCH3 is 1. The van der Waals surface area contributed by atoms with Gasteiger partial charge in [-0.05, 0) is 25.6 Å². The lowest BCUT2D eigenvalue weighted by molar-refractivity contribution is -0.129. The van der Waals surface area contributed by atoms with Crippen molar-refractivity contribution in [2.24, 2.45) is 0 Å². The zero-order valence-corrected chi connectivity index (χ0v) is 19.6. The molecule has 3 heterocycles. The quantitative estimate of drug-likeness (QED) is 0.711. The van der Waals surface area contributed by atoms with Crippen molar-refractivity contribution in [2.75, 3.05) is 64.6 Å². The second kappa shape index (κ2) is 9.73. The van der Waals surface area contributed by atoms with E-state index < -0.39 is 0 Å². The maximum absolute atomic E-state index is 12.9. The summed E-state index contributed by atoms with van der Waals surface area (Å²) < 4.78 is 5.44. The van der Waals surface area contributed by atoms with Crippen molar-refractivity contribution in [1.82, 2.24) is 19.8 Å². The monoisotopic (exact) mass is 438 g/mol. The van der Waals surface area contributed by atoms with E-state index in [1.807, 2.05) is 43.3 Å². The van der Waals surface area contributed by atoms with Crippen molar-refractivity contribution in [3.05, 3.63) is 41.3 Å². The number of likely N-dealkylation sites (N-methyl/N-ethyl adjacent to an activating group) is 1. The third kappa shape index (κ3) is 4.65. The highest BCUT2D eigenvalue weighted by molar-refractivity contribution is 5.77. The lowest BCUT2D eigenvalue weighted by Crippen LogP contribution is -2.32. The van der Waals surface area contributed by atoms with E-state index in [-0.39, 0.29) is 11.8 Å². The third-order valence-corrected chi connectivity index (χ3v) is 6.57. The molecule has 1 aromatic carbocycles. The van der Waals surface area contributed by atoms with E-state index in [2.05, 4.69) is 22.2 Å². The van der Waals surface area contributed by atoms with Crippen LogP contribution in [0.1, 0.15) is 35.8 Å². The summed E-state index contributed by atoms with van der Waals surface area (Å²) in [4.78, 5) is 29.0. The van der Waals surface area contributed by atoms with E-state index in [0.29, 0.717) is 19.5 Å². The van der Waals surface area contributed by atoms with Crippen molar-refractivity contribution in [2.45, 2.75) is 31.7 Å². The molecule has 1 unspecified atom stereocenters. The second-order valence-electron chi connectivity index (χ2n) is 8.76. The first-order valence-electron chi connectivity index (χ1n) is 11.4. The fourth-order valence-corrected chi connectivity index (χ4v) is 4.64. The molecule has 1 amide bonds. The van der Waals surface area contributed by atoms with Crippen molar-refractivity contribution in [3.63, 3.8) is 0 Å². The molecule has 0 saturated carbocycles. The highest BCUT2D eigenvalue weighted by Gasteiger charge is 2.31. The molecule has 0 bridgehead atoms. The minimum atomic E-state index is 0.183. The number of ether oxygens (including phenoxy) is 1. The second-order valence-corrected chi connectivity index (χ2v) is 8.76. The summed E-state index contributed by atoms with van der Waals surface area (Å²) in [5.74, 6) is 3.00. The van der Waals surface area contributed by atoms with E-state index in [0.717, 1.165) is 61.2 Å². The molecule has 4 rings (SSSR count). The van der Waals surface area contributed by atoms with Gasteiger partial charge in [-0.1, -0.05) is 12.1 Å². The molecule has 1 aromatic heterocycles. The maximum atomic E-state index is 12.9. The number of fused-ring (bicyclic) bond motifs is 1. The average Bonchev–Trinajstić information content (AvgIpc) is 3.32. The number of aromatic nitrogens is 2. The van der Waals surface area contributed by atoms with Gasteiger partial charge in [0.2, 0.25) is 5.91 Å². The first-order valence-corrected chi connectivity index (χ1v) is 11.4. The Hall–Kier alpha value is -2.87. The molecule has 1 fully saturated rings. The SMILES string of the molecule is CNc1nc(C2CCN(C(=O)CCN(C)c3ccccc3OC)C2)nc2c1CN(C)CC2. The fourth-order valence-electron chi connectivity index (χ4n) is 4.64. The number of carbonyl (C=O) groups is 1. The molecule has 8 nitrogen and oxygen atoms in total. The van der Waals surface area contributed by atoms with Gasteiger partial charge in [-0.25, -0.2) is 9.97 Å². The summed E-state index contributed by atoms with van der Waals surface area (Å²) in [5, 5.41) is 3.26. The standard InChI is InChI=1S/C24H34N6O2/c1-25-24-18-16-28(2)12-10-19(18)26-23(27-24)17-9-14-30(15-17)22(31)11-13-29(3)20-7-5-6-8-21(20)32-4/h5-8,17H,9-16H2,1-4H3,(H,25,26,27). The molecule has 1 atom stereocenters. The number of likely N-dealkylation sites (tertiary alicyclic amines) is 1. The van der Waals surface area contributed by atoms with Gasteiger partial charge in [0, 0.05) is 71.1 Å². The number of nitrogens with one attached hydrogen (secondary N) is 1. The summed E-state index contributed by atoms with van der Waals surface area (Å²) in [6.45, 7) is 3.99. The summed E-state index contributed by atoms with van der Waals surface area (Å²) in [6.07, 6.45) is 2.33. The molecular formula is C24H34N6O2. The Morgan fingerprint density at radius 2 is 2.09 bits per heavy atom. The molecule has 1 saturated heterocycles. The van der Waals surface area contributed by atoms with Crippen LogP contribution in [0.4, 0.5) is 11.5 Å². The molecule has 2 aliphatic heterocycles. The van der Waals surface area contributed by atoms with Crippen LogP contribution in [-0.2, 0) is 17.8 Å². The molecule has 8 heteroatoms. The minimum Gasteiger partial charge on any atom is -0.495 e. The number of anilines is 2. The zero-order valence-electron chi connectivity index (χ0n) is 19.6. The van der Waals surface area contributed by atoms with E-state index in [9.17, 15) is 4.79 Å². The van der Waals surface area contributed by atoms with Crippen molar-refractivity contribution in [3.8, 4) is 5.75 Å². The van der Waals surface area contributed by atoms with Gasteiger partial charge in [-0.2, -0.15) is 0 Å². The van der Waals surface area contributed by atoms with Crippen LogP contribution in [0.25, 0.3) is 0 Å². The number of amides is 1. The number of rotatable bonds is 7. The summed E-state index contributed by atoms with van der Waals surface area (Å²) in [5.41, 5.74) is 3.35. The number of hydrogen-bond donors (Lipinski definition) is 1. The Morgan fingerprint density at radius 3 is 2.88 bits per heavy atom. The number of carbonyl (C=O) groups excluding carboxylic acids is 1. The van der Waals surface area contributed by atoms with Gasteiger partial charge in [-0.3, -0.25) is 4.79 Å². The molecule has 2 aliphatic rings. The summed E-state index contributed by atoms with van der Waals surface area (Å²) in [7, 11) is 7.71. The molecule has 0 radical (unpaired) electrons. The van der Waals surface area contributed by atoms with E-state index in [4.69, 9.17) is 14.7 Å². The predicted molar refractivity (Wildman–Crippen MR) is 126 cm³/mol. The molecule has 172 valence electrons. The predicted octanol–water partition coefficient (Wildman–Crippen LogP) is 2.36. The number of benzene rings is 1. The van der Waals surface area contributed by atoms with Gasteiger partial charge in [0.1, 0.15) is 17.4 Å². The minimum absolute atomic E-state index is 0.183. The molecular weight excluding hydrogens is 404 g/mol. The Kier molecular flexibility index (Phi) is 6.79. The molecule has 2 aromatic rings. The van der Waals surface area contributed by atoms with Crippen LogP contribution in [0.5, 0.6) is 5.75 Å². The Labute approximate surface area is 190 Å². The van der Waals surface area contributed by atoms with Crippen LogP contribution in [0.3, 0.4) is 0 Å². The smallest absolute Gasteiger partial charge is 0.224 e. The topological polar surface area (TPSA) is 73.8 Å². The average molecular weight is 439 g/mol. The maximum Gasteiger partial charge on any atom is 0.224 e. The lowest BCUT2D eigenvalue weighted by atomic mass is 10.0. The third-order valence-electron chi connectivity index (χ3n) is 6.57. The van der Waals surface area contributed by atoms with Gasteiger partial charge in [0.15, 0.2) is 0 Å². The number of hydrogen-bond acceptors (Lipinski definition) is 7. The van der Waals surface area contributed by atoms with Gasteiger partial charge < -0.3 is 24.8 Å². The van der Waals surface area contributed by atoms with Crippen LogP contribution >= 0.6 is 0 Å². The van der Waals surface area contributed by atoms with Crippen molar-refractivity contribution in [1.29, 1.82) is 0 Å². The van der Waals surface area contributed by atoms with Crippen LogP contribution in [0.2, 0.25) is 0 Å². The van der Waals surface area contributed by atoms with Crippen LogP contribution in [-0.4, -0.2) is 80.1 Å². The van der Waals surface area contributed by atoms with Crippen molar-refractivity contribution < 1.29 is 9.53 Å². The summed E-state index contributed by atoms with van der Waals surface area (Å²) >= 11 is 0. The molecule has 32 heavy (non-hydrogen) atoms. The van der Waals surface area contributed by atoms with Gasteiger partial charge in [0.25, 0.3) is 0 Å². The van der Waals surface area contributed by atoms with Crippen molar-refractivity contribution >= 4 is 17.4 Å². The molecule has 0 aliphatic carbocycles. The summed E-state index contributed by atoms with van der Waals surface area (Å²) in [6, 6.07) is 7.89. The van der Waals surface area contributed by atoms with Gasteiger partial charge >= 0.3 is 0 Å². The largest absolute Gasteiger partial charge is 0.495 e.